The predicted octanol–water partition coefficient (Wildman–Crippen LogP) is 1.33. The van der Waals surface area contributed by atoms with Gasteiger partial charge in [-0.05, 0) is 33.0 Å². The fourth-order valence-electron chi connectivity index (χ4n) is 1.24. The third-order valence-electron chi connectivity index (χ3n) is 2.34. The topological polar surface area (TPSA) is 41.1 Å². The second-order valence-electron chi connectivity index (χ2n) is 3.77. The summed E-state index contributed by atoms with van der Waals surface area (Å²) in [6.45, 7) is 4.65. The van der Waals surface area contributed by atoms with E-state index in [2.05, 4.69) is 10.6 Å². The Morgan fingerprint density at radius 2 is 2.20 bits per heavy atom. The molecule has 1 amide bonds. The zero-order valence-corrected chi connectivity index (χ0v) is 9.50. The molecule has 0 aliphatic carbocycles. The van der Waals surface area contributed by atoms with Crippen LogP contribution in [-0.2, 0) is 0 Å². The van der Waals surface area contributed by atoms with Gasteiger partial charge >= 0.3 is 0 Å². The summed E-state index contributed by atoms with van der Waals surface area (Å²) in [5.41, 5.74) is 1.82. The molecule has 1 aromatic rings. The molecule has 0 spiro atoms. The average molecular weight is 206 g/mol. The molecule has 0 aliphatic rings. The first kappa shape index (κ1) is 11.7. The zero-order valence-electron chi connectivity index (χ0n) is 9.50. The molecule has 0 heterocycles. The van der Waals surface area contributed by atoms with Gasteiger partial charge in [-0.1, -0.05) is 17.7 Å². The van der Waals surface area contributed by atoms with Crippen molar-refractivity contribution < 1.29 is 4.79 Å². The molecule has 1 atom stereocenters. The van der Waals surface area contributed by atoms with Crippen LogP contribution in [-0.4, -0.2) is 25.5 Å². The van der Waals surface area contributed by atoms with Crippen molar-refractivity contribution in [3.8, 4) is 0 Å². The van der Waals surface area contributed by atoms with E-state index in [9.17, 15) is 4.79 Å². The number of carbonyl (C=O) groups is 1. The zero-order chi connectivity index (χ0) is 11.3. The molecule has 3 heteroatoms. The van der Waals surface area contributed by atoms with Crippen molar-refractivity contribution in [1.29, 1.82) is 0 Å². The minimum Gasteiger partial charge on any atom is -0.350 e. The molecule has 0 fully saturated rings. The van der Waals surface area contributed by atoms with Crippen LogP contribution in [0.2, 0.25) is 0 Å². The second kappa shape index (κ2) is 5.51. The van der Waals surface area contributed by atoms with E-state index in [0.717, 1.165) is 11.1 Å². The number of carbonyl (C=O) groups excluding carboxylic acids is 1. The van der Waals surface area contributed by atoms with Crippen LogP contribution in [0.15, 0.2) is 24.3 Å². The van der Waals surface area contributed by atoms with Crippen molar-refractivity contribution in [3.63, 3.8) is 0 Å². The van der Waals surface area contributed by atoms with Gasteiger partial charge in [-0.3, -0.25) is 4.79 Å². The average Bonchev–Trinajstić information content (AvgIpc) is 2.25. The smallest absolute Gasteiger partial charge is 0.251 e. The summed E-state index contributed by atoms with van der Waals surface area (Å²) in [7, 11) is 1.88. The molecule has 0 aliphatic heterocycles. The van der Waals surface area contributed by atoms with Gasteiger partial charge in [0, 0.05) is 18.2 Å². The molecule has 1 aromatic carbocycles. The number of hydrogen-bond acceptors (Lipinski definition) is 2. The van der Waals surface area contributed by atoms with Crippen LogP contribution in [0.5, 0.6) is 0 Å². The SMILES string of the molecule is CNC(C)CNC(=O)c1cccc(C)c1. The van der Waals surface area contributed by atoms with E-state index in [4.69, 9.17) is 0 Å². The highest BCUT2D eigenvalue weighted by Crippen LogP contribution is 2.03. The lowest BCUT2D eigenvalue weighted by Gasteiger charge is -2.11. The molecule has 3 nitrogen and oxygen atoms in total. The maximum atomic E-state index is 11.7. The first-order chi connectivity index (χ1) is 7.13. The van der Waals surface area contributed by atoms with Crippen LogP contribution < -0.4 is 10.6 Å². The van der Waals surface area contributed by atoms with Crippen LogP contribution >= 0.6 is 0 Å². The minimum absolute atomic E-state index is 0.0131. The highest BCUT2D eigenvalue weighted by molar-refractivity contribution is 5.94. The number of amides is 1. The van der Waals surface area contributed by atoms with Gasteiger partial charge in [0.15, 0.2) is 0 Å². The number of benzene rings is 1. The van der Waals surface area contributed by atoms with Crippen molar-refractivity contribution in [2.75, 3.05) is 13.6 Å². The third kappa shape index (κ3) is 3.72. The van der Waals surface area contributed by atoms with Gasteiger partial charge in [0.25, 0.3) is 5.91 Å². The maximum absolute atomic E-state index is 11.7. The van der Waals surface area contributed by atoms with Crippen molar-refractivity contribution in [2.45, 2.75) is 19.9 Å². The van der Waals surface area contributed by atoms with E-state index in [1.165, 1.54) is 0 Å². The Morgan fingerprint density at radius 3 is 2.80 bits per heavy atom. The quantitative estimate of drug-likeness (QED) is 0.780. The van der Waals surface area contributed by atoms with E-state index in [-0.39, 0.29) is 5.91 Å². The molecule has 1 rings (SSSR count). The van der Waals surface area contributed by atoms with Crippen molar-refractivity contribution in [1.82, 2.24) is 10.6 Å². The summed E-state index contributed by atoms with van der Waals surface area (Å²) < 4.78 is 0. The van der Waals surface area contributed by atoms with E-state index in [0.29, 0.717) is 12.6 Å². The molecule has 0 radical (unpaired) electrons. The number of nitrogens with one attached hydrogen (secondary N) is 2. The summed E-state index contributed by atoms with van der Waals surface area (Å²) in [6.07, 6.45) is 0. The Morgan fingerprint density at radius 1 is 1.47 bits per heavy atom. The molecular weight excluding hydrogens is 188 g/mol. The van der Waals surface area contributed by atoms with Gasteiger partial charge in [-0.25, -0.2) is 0 Å². The molecular formula is C12H18N2O. The Bertz CT molecular complexity index is 336. The summed E-state index contributed by atoms with van der Waals surface area (Å²) in [5.74, 6) is -0.0131. The van der Waals surface area contributed by atoms with Gasteiger partial charge < -0.3 is 10.6 Å². The fourth-order valence-corrected chi connectivity index (χ4v) is 1.24. The molecule has 0 saturated heterocycles. The Kier molecular flexibility index (Phi) is 4.31. The van der Waals surface area contributed by atoms with E-state index < -0.39 is 0 Å². The maximum Gasteiger partial charge on any atom is 0.251 e. The summed E-state index contributed by atoms with van der Waals surface area (Å²) >= 11 is 0. The number of rotatable bonds is 4. The van der Waals surface area contributed by atoms with Crippen LogP contribution in [0.4, 0.5) is 0 Å². The Hall–Kier alpha value is -1.35. The van der Waals surface area contributed by atoms with Gasteiger partial charge in [0.1, 0.15) is 0 Å². The molecule has 2 N–H and O–H groups in total. The predicted molar refractivity (Wildman–Crippen MR) is 62.0 cm³/mol. The minimum atomic E-state index is -0.0131. The monoisotopic (exact) mass is 206 g/mol. The molecule has 0 bridgehead atoms. The summed E-state index contributed by atoms with van der Waals surface area (Å²) in [6, 6.07) is 7.88. The van der Waals surface area contributed by atoms with Gasteiger partial charge in [-0.15, -0.1) is 0 Å². The van der Waals surface area contributed by atoms with Crippen LogP contribution in [0.1, 0.15) is 22.8 Å². The summed E-state index contributed by atoms with van der Waals surface area (Å²) in [4.78, 5) is 11.7. The van der Waals surface area contributed by atoms with Crippen molar-refractivity contribution in [3.05, 3.63) is 35.4 Å². The van der Waals surface area contributed by atoms with Crippen molar-refractivity contribution >= 4 is 5.91 Å². The lowest BCUT2D eigenvalue weighted by molar-refractivity contribution is 0.0950. The first-order valence-corrected chi connectivity index (χ1v) is 5.15. The van der Waals surface area contributed by atoms with Gasteiger partial charge in [0.05, 0.1) is 0 Å². The van der Waals surface area contributed by atoms with Crippen molar-refractivity contribution in [2.24, 2.45) is 0 Å². The molecule has 15 heavy (non-hydrogen) atoms. The van der Waals surface area contributed by atoms with Crippen LogP contribution in [0, 0.1) is 6.92 Å². The number of hydrogen-bond donors (Lipinski definition) is 2. The Balaban J connectivity index is 2.54. The van der Waals surface area contributed by atoms with E-state index in [1.54, 1.807) is 0 Å². The fraction of sp³-hybridized carbons (Fsp3) is 0.417. The standard InChI is InChI=1S/C12H18N2O/c1-9-5-4-6-11(7-9)12(15)14-8-10(2)13-3/h4-7,10,13H,8H2,1-3H3,(H,14,15). The largest absolute Gasteiger partial charge is 0.350 e. The summed E-state index contributed by atoms with van der Waals surface area (Å²) in [5, 5.41) is 5.94. The highest BCUT2D eigenvalue weighted by Gasteiger charge is 2.06. The van der Waals surface area contributed by atoms with Crippen LogP contribution in [0.25, 0.3) is 0 Å². The number of likely N-dealkylation sites (N-methyl/N-ethyl adjacent to an activating group) is 1. The molecule has 82 valence electrons. The van der Waals surface area contributed by atoms with Gasteiger partial charge in [0.2, 0.25) is 0 Å². The molecule has 0 aromatic heterocycles. The lowest BCUT2D eigenvalue weighted by Crippen LogP contribution is -2.37. The highest BCUT2D eigenvalue weighted by atomic mass is 16.1. The first-order valence-electron chi connectivity index (χ1n) is 5.15. The second-order valence-corrected chi connectivity index (χ2v) is 3.77. The number of aryl methyl sites for hydroxylation is 1. The van der Waals surface area contributed by atoms with Crippen LogP contribution in [0.3, 0.4) is 0 Å². The Labute approximate surface area is 90.9 Å². The van der Waals surface area contributed by atoms with E-state index >= 15 is 0 Å². The lowest BCUT2D eigenvalue weighted by atomic mass is 10.1. The molecule has 1 unspecified atom stereocenters. The van der Waals surface area contributed by atoms with Gasteiger partial charge in [-0.2, -0.15) is 0 Å². The van der Waals surface area contributed by atoms with E-state index in [1.807, 2.05) is 45.2 Å². The molecule has 0 saturated carbocycles. The normalized spacial score (nSPS) is 12.2. The third-order valence-corrected chi connectivity index (χ3v) is 2.34.